The first kappa shape index (κ1) is 19.7. The molecule has 1 aliphatic rings. The first-order chi connectivity index (χ1) is 11.4. The van der Waals surface area contributed by atoms with Crippen LogP contribution in [-0.2, 0) is 21.0 Å². The zero-order valence-electron chi connectivity index (χ0n) is 15.5. The number of nitrogens with two attached hydrogens (primary N) is 1. The second-order valence-electron chi connectivity index (χ2n) is 7.69. The van der Waals surface area contributed by atoms with E-state index in [2.05, 4.69) is 12.2 Å². The van der Waals surface area contributed by atoms with Crippen LogP contribution >= 0.6 is 0 Å². The molecule has 1 aliphatic carbocycles. The second kappa shape index (κ2) is 6.61. The highest BCUT2D eigenvalue weighted by molar-refractivity contribution is 7.91. The van der Waals surface area contributed by atoms with Gasteiger partial charge in [-0.15, -0.1) is 0 Å². The monoisotopic (exact) mass is 368 g/mol. The van der Waals surface area contributed by atoms with E-state index >= 15 is 0 Å². The lowest BCUT2D eigenvalue weighted by Crippen LogP contribution is -2.48. The number of carbonyl (C=O) groups is 1. The number of sulfone groups is 1. The Morgan fingerprint density at radius 2 is 1.84 bits per heavy atom. The zero-order chi connectivity index (χ0) is 19.0. The van der Waals surface area contributed by atoms with Crippen LogP contribution in [0.1, 0.15) is 44.7 Å². The van der Waals surface area contributed by atoms with Crippen LogP contribution < -0.4 is 11.1 Å². The van der Waals surface area contributed by atoms with Gasteiger partial charge in [0, 0.05) is 18.7 Å². The predicted octanol–water partition coefficient (Wildman–Crippen LogP) is 1.98. The molecule has 140 valence electrons. The van der Waals surface area contributed by atoms with Gasteiger partial charge in [0.1, 0.15) is 5.60 Å². The van der Waals surface area contributed by atoms with Crippen molar-refractivity contribution in [1.29, 1.82) is 0 Å². The molecule has 3 N–H and O–H groups in total. The van der Waals surface area contributed by atoms with Crippen molar-refractivity contribution in [2.75, 3.05) is 12.8 Å². The summed E-state index contributed by atoms with van der Waals surface area (Å²) in [6.45, 7) is 7.33. The third kappa shape index (κ3) is 4.15. The Kier molecular flexibility index (Phi) is 5.21. The minimum absolute atomic E-state index is 0.0180. The fourth-order valence-corrected chi connectivity index (χ4v) is 5.29. The number of aryl methyl sites for hydroxylation is 1. The van der Waals surface area contributed by atoms with E-state index in [9.17, 15) is 13.2 Å². The first-order valence-corrected chi connectivity index (χ1v) is 10.4. The van der Waals surface area contributed by atoms with Gasteiger partial charge >= 0.3 is 6.09 Å². The molecule has 2 rings (SSSR count). The molecule has 1 amide bonds. The number of ether oxygens (including phenoxy) is 1. The molecular weight excluding hydrogens is 340 g/mol. The molecule has 1 fully saturated rings. The van der Waals surface area contributed by atoms with Crippen LogP contribution in [0.4, 0.5) is 4.79 Å². The Labute approximate surface area is 150 Å². The smallest absolute Gasteiger partial charge is 0.408 e. The average molecular weight is 368 g/mol. The van der Waals surface area contributed by atoms with Crippen LogP contribution in [0.2, 0.25) is 0 Å². The van der Waals surface area contributed by atoms with Gasteiger partial charge in [-0.2, -0.15) is 0 Å². The molecule has 25 heavy (non-hydrogen) atoms. The van der Waals surface area contributed by atoms with Crippen molar-refractivity contribution in [3.8, 4) is 0 Å². The Hall–Kier alpha value is -1.60. The van der Waals surface area contributed by atoms with Crippen LogP contribution in [0.15, 0.2) is 24.3 Å². The van der Waals surface area contributed by atoms with Crippen molar-refractivity contribution in [2.24, 2.45) is 5.73 Å². The van der Waals surface area contributed by atoms with Crippen LogP contribution in [0.3, 0.4) is 0 Å². The Bertz CT molecular complexity index is 737. The summed E-state index contributed by atoms with van der Waals surface area (Å²) in [6.07, 6.45) is 1.43. The van der Waals surface area contributed by atoms with Crippen molar-refractivity contribution in [2.45, 2.75) is 56.4 Å². The van der Waals surface area contributed by atoms with E-state index in [1.165, 1.54) is 11.8 Å². The molecule has 0 aromatic heterocycles. The van der Waals surface area contributed by atoms with Crippen molar-refractivity contribution in [3.63, 3.8) is 0 Å². The zero-order valence-corrected chi connectivity index (χ0v) is 16.3. The summed E-state index contributed by atoms with van der Waals surface area (Å²) >= 11 is 0. The molecule has 7 heteroatoms. The molecule has 0 heterocycles. The van der Waals surface area contributed by atoms with Gasteiger partial charge in [0.05, 0.1) is 10.8 Å². The Balaban J connectivity index is 2.34. The maximum atomic E-state index is 12.3. The van der Waals surface area contributed by atoms with E-state index in [0.29, 0.717) is 0 Å². The number of alkyl carbamates (subject to hydrolysis) is 1. The van der Waals surface area contributed by atoms with E-state index in [-0.39, 0.29) is 12.5 Å². The Morgan fingerprint density at radius 1 is 1.28 bits per heavy atom. The second-order valence-corrected chi connectivity index (χ2v) is 9.86. The van der Waals surface area contributed by atoms with E-state index in [1.807, 2.05) is 24.3 Å². The van der Waals surface area contributed by atoms with E-state index in [0.717, 1.165) is 12.0 Å². The lowest BCUT2D eigenvalue weighted by Gasteiger charge is -2.24. The van der Waals surface area contributed by atoms with E-state index in [4.69, 9.17) is 10.5 Å². The highest BCUT2D eigenvalue weighted by atomic mass is 32.2. The van der Waals surface area contributed by atoms with Gasteiger partial charge in [0.25, 0.3) is 0 Å². The molecule has 0 unspecified atom stereocenters. The van der Waals surface area contributed by atoms with Gasteiger partial charge < -0.3 is 15.8 Å². The molecule has 0 aliphatic heterocycles. The SMILES string of the molecule is CCc1ccc([C@H]2[C@H](S(C)(=O)=O)[C@@]2(CN)NC(=O)OC(C)(C)C)cc1. The number of benzene rings is 1. The number of hydrogen-bond donors (Lipinski definition) is 2. The van der Waals surface area contributed by atoms with Crippen LogP contribution in [0.25, 0.3) is 0 Å². The molecule has 6 nitrogen and oxygen atoms in total. The maximum absolute atomic E-state index is 12.3. The Morgan fingerprint density at radius 3 is 2.24 bits per heavy atom. The molecule has 0 radical (unpaired) electrons. The predicted molar refractivity (Wildman–Crippen MR) is 98.3 cm³/mol. The van der Waals surface area contributed by atoms with Gasteiger partial charge in [0.15, 0.2) is 9.84 Å². The van der Waals surface area contributed by atoms with Crippen molar-refractivity contribution in [3.05, 3.63) is 35.4 Å². The summed E-state index contributed by atoms with van der Waals surface area (Å²) in [6, 6.07) is 7.77. The minimum Gasteiger partial charge on any atom is -0.444 e. The van der Waals surface area contributed by atoms with Crippen LogP contribution in [0, 0.1) is 0 Å². The van der Waals surface area contributed by atoms with Crippen molar-refractivity contribution in [1.82, 2.24) is 5.32 Å². The number of amides is 1. The summed E-state index contributed by atoms with van der Waals surface area (Å²) in [4.78, 5) is 12.2. The molecule has 1 aromatic rings. The highest BCUT2D eigenvalue weighted by Gasteiger charge is 2.70. The summed E-state index contributed by atoms with van der Waals surface area (Å²) in [5, 5.41) is 1.98. The van der Waals surface area contributed by atoms with Gasteiger partial charge in [-0.1, -0.05) is 31.2 Å². The van der Waals surface area contributed by atoms with E-state index < -0.39 is 32.3 Å². The topological polar surface area (TPSA) is 98.5 Å². The fraction of sp³-hybridized carbons (Fsp3) is 0.611. The molecule has 1 saturated carbocycles. The first-order valence-electron chi connectivity index (χ1n) is 8.43. The number of carbonyl (C=O) groups excluding carboxylic acids is 1. The lowest BCUT2D eigenvalue weighted by molar-refractivity contribution is 0.0497. The lowest BCUT2D eigenvalue weighted by atomic mass is 10.0. The van der Waals surface area contributed by atoms with Crippen LogP contribution in [-0.4, -0.2) is 43.7 Å². The molecule has 0 spiro atoms. The van der Waals surface area contributed by atoms with Crippen molar-refractivity contribution >= 4 is 15.9 Å². The van der Waals surface area contributed by atoms with Gasteiger partial charge in [-0.3, -0.25) is 0 Å². The molecule has 0 bridgehead atoms. The van der Waals surface area contributed by atoms with Gasteiger partial charge in [0.2, 0.25) is 0 Å². The number of rotatable bonds is 5. The third-order valence-electron chi connectivity index (χ3n) is 4.54. The van der Waals surface area contributed by atoms with Gasteiger partial charge in [-0.05, 0) is 38.3 Å². The molecule has 3 atom stereocenters. The summed E-state index contributed by atoms with van der Waals surface area (Å²) in [5.74, 6) is -0.383. The van der Waals surface area contributed by atoms with Gasteiger partial charge in [-0.25, -0.2) is 13.2 Å². The quantitative estimate of drug-likeness (QED) is 0.828. The summed E-state index contributed by atoms with van der Waals surface area (Å²) in [7, 11) is -3.40. The summed E-state index contributed by atoms with van der Waals surface area (Å²) in [5.41, 5.74) is 6.23. The summed E-state index contributed by atoms with van der Waals surface area (Å²) < 4.78 is 29.9. The molecule has 0 saturated heterocycles. The maximum Gasteiger partial charge on any atom is 0.408 e. The highest BCUT2D eigenvalue weighted by Crippen LogP contribution is 2.55. The van der Waals surface area contributed by atoms with Crippen molar-refractivity contribution < 1.29 is 17.9 Å². The number of nitrogens with one attached hydrogen (secondary N) is 1. The standard InChI is InChI=1S/C18H28N2O4S/c1-6-12-7-9-13(10-8-12)14-15(25(5,22)23)18(14,11-19)20-16(21)24-17(2,3)4/h7-10,14-15H,6,11,19H2,1-5H3,(H,20,21)/t14-,15-,18-/m0/s1. The third-order valence-corrected chi connectivity index (χ3v) is 6.15. The minimum atomic E-state index is -3.40. The average Bonchev–Trinajstić information content (AvgIpc) is 3.14. The fourth-order valence-electron chi connectivity index (χ4n) is 3.40. The number of hydrogen-bond acceptors (Lipinski definition) is 5. The van der Waals surface area contributed by atoms with Crippen LogP contribution in [0.5, 0.6) is 0 Å². The normalized spacial score (nSPS) is 26.2. The molecular formula is C18H28N2O4S. The van der Waals surface area contributed by atoms with E-state index in [1.54, 1.807) is 20.8 Å². The largest absolute Gasteiger partial charge is 0.444 e. The molecule has 1 aromatic carbocycles.